The Morgan fingerprint density at radius 2 is 0.750 bits per heavy atom. The van der Waals surface area contributed by atoms with Gasteiger partial charge in [0.1, 0.15) is 11.5 Å². The molecule has 0 unspecified atom stereocenters. The van der Waals surface area contributed by atoms with Crippen molar-refractivity contribution in [1.82, 2.24) is 0 Å². The van der Waals surface area contributed by atoms with Gasteiger partial charge in [0.2, 0.25) is 0 Å². The third kappa shape index (κ3) is 5.11. The van der Waals surface area contributed by atoms with Crippen molar-refractivity contribution >= 4 is 116 Å². The van der Waals surface area contributed by atoms with E-state index in [1.165, 1.54) is 0 Å². The fourth-order valence-corrected chi connectivity index (χ4v) is 1.31. The Hall–Kier alpha value is 1.65. The molecule has 0 aliphatic rings. The minimum absolute atomic E-state index is 0. The quantitative estimate of drug-likeness (QED) is 0.820. The Balaban J connectivity index is 0.00000112. The van der Waals surface area contributed by atoms with Gasteiger partial charge < -0.3 is 10.2 Å². The molecule has 0 heterocycles. The van der Waals surface area contributed by atoms with Gasteiger partial charge in [-0.25, -0.2) is 0 Å². The van der Waals surface area contributed by atoms with E-state index < -0.39 is 0 Å². The average Bonchev–Trinajstić information content (AvgIpc) is 2.21. The molecule has 0 fully saturated rings. The smallest absolute Gasteiger partial charge is 0.115 e. The van der Waals surface area contributed by atoms with Crippen LogP contribution in [0.5, 0.6) is 11.5 Å². The molecule has 0 atom stereocenters. The predicted octanol–water partition coefficient (Wildman–Crippen LogP) is 2.00. The molecule has 0 aromatic heterocycles. The SMILES string of the molecule is Oc1ccc(-c2ccc(O)cc2)cc1.[Rb].[Rb]. The van der Waals surface area contributed by atoms with Gasteiger partial charge in [0, 0.05) is 116 Å². The van der Waals surface area contributed by atoms with Crippen LogP contribution in [0.4, 0.5) is 0 Å². The fourth-order valence-electron chi connectivity index (χ4n) is 1.31. The Kier molecular flexibility index (Phi) is 9.60. The molecule has 0 spiro atoms. The summed E-state index contributed by atoms with van der Waals surface area (Å²) in [6.07, 6.45) is 0. The molecule has 2 aromatic carbocycles. The number of aromatic hydroxyl groups is 2. The summed E-state index contributed by atoms with van der Waals surface area (Å²) in [7, 11) is 0. The second kappa shape index (κ2) is 8.70. The topological polar surface area (TPSA) is 40.5 Å². The van der Waals surface area contributed by atoms with Gasteiger partial charge in [-0.1, -0.05) is 24.3 Å². The minimum Gasteiger partial charge on any atom is -0.508 e. The van der Waals surface area contributed by atoms with Crippen LogP contribution in [-0.2, 0) is 0 Å². The summed E-state index contributed by atoms with van der Waals surface area (Å²) < 4.78 is 0. The number of benzene rings is 2. The van der Waals surface area contributed by atoms with Crippen molar-refractivity contribution in [2.75, 3.05) is 0 Å². The number of phenols is 2. The summed E-state index contributed by atoms with van der Waals surface area (Å²) in [4.78, 5) is 0. The standard InChI is InChI=1S/C12H10O2.2Rb/c13-11-5-1-9(2-6-11)10-3-7-12(14)8-4-10;;/h1-8,13-14H;;. The zero-order valence-electron chi connectivity index (χ0n) is 9.51. The van der Waals surface area contributed by atoms with Crippen LogP contribution in [0.1, 0.15) is 0 Å². The van der Waals surface area contributed by atoms with E-state index in [2.05, 4.69) is 0 Å². The van der Waals surface area contributed by atoms with Crippen molar-refractivity contribution in [2.24, 2.45) is 0 Å². The van der Waals surface area contributed by atoms with E-state index in [1.54, 1.807) is 24.3 Å². The predicted molar refractivity (Wildman–Crippen MR) is 66.7 cm³/mol. The summed E-state index contributed by atoms with van der Waals surface area (Å²) in [5.41, 5.74) is 2.03. The third-order valence-corrected chi connectivity index (χ3v) is 2.07. The van der Waals surface area contributed by atoms with Crippen LogP contribution in [0, 0.1) is 0 Å². The molecule has 72 valence electrons. The van der Waals surface area contributed by atoms with E-state index in [4.69, 9.17) is 10.2 Å². The molecule has 4 heteroatoms. The Morgan fingerprint density at radius 3 is 1.00 bits per heavy atom. The summed E-state index contributed by atoms with van der Waals surface area (Å²) in [5, 5.41) is 18.2. The van der Waals surface area contributed by atoms with Crippen molar-refractivity contribution in [2.45, 2.75) is 0 Å². The average molecular weight is 357 g/mol. The van der Waals surface area contributed by atoms with Crippen LogP contribution >= 0.6 is 0 Å². The third-order valence-electron chi connectivity index (χ3n) is 2.07. The Morgan fingerprint density at radius 1 is 0.500 bits per heavy atom. The Bertz CT molecular complexity index is 380. The zero-order chi connectivity index (χ0) is 9.97. The van der Waals surface area contributed by atoms with Crippen LogP contribution < -0.4 is 0 Å². The van der Waals surface area contributed by atoms with E-state index in [0.717, 1.165) is 11.1 Å². The van der Waals surface area contributed by atoms with Crippen molar-refractivity contribution < 1.29 is 10.2 Å². The van der Waals surface area contributed by atoms with Gasteiger partial charge in [0.25, 0.3) is 0 Å². The van der Waals surface area contributed by atoms with Gasteiger partial charge in [-0.15, -0.1) is 0 Å². The van der Waals surface area contributed by atoms with E-state index >= 15 is 0 Å². The minimum atomic E-state index is 0. The van der Waals surface area contributed by atoms with Crippen LogP contribution in [0.3, 0.4) is 0 Å². The van der Waals surface area contributed by atoms with Gasteiger partial charge in [-0.3, -0.25) is 0 Å². The first-order valence-corrected chi connectivity index (χ1v) is 4.34. The van der Waals surface area contributed by atoms with E-state index in [0.29, 0.717) is 0 Å². The van der Waals surface area contributed by atoms with Gasteiger partial charge in [0.05, 0.1) is 0 Å². The molecule has 2 aromatic rings. The molecule has 2 rings (SSSR count). The normalized spacial score (nSPS) is 8.75. The van der Waals surface area contributed by atoms with Crippen LogP contribution in [0.25, 0.3) is 11.1 Å². The molecule has 0 aliphatic carbocycles. The summed E-state index contributed by atoms with van der Waals surface area (Å²) >= 11 is 0. The first-order valence-electron chi connectivity index (χ1n) is 4.34. The maximum Gasteiger partial charge on any atom is 0.115 e. The molecular formula is C12H10O2Rb2. The van der Waals surface area contributed by atoms with Crippen LogP contribution in [0.15, 0.2) is 48.5 Å². The summed E-state index contributed by atoms with van der Waals surface area (Å²) in [6.45, 7) is 0. The van der Waals surface area contributed by atoms with Gasteiger partial charge in [0.15, 0.2) is 0 Å². The molecule has 0 aliphatic heterocycles. The molecule has 16 heavy (non-hydrogen) atoms. The molecule has 2 N–H and O–H groups in total. The molecule has 0 saturated heterocycles. The van der Waals surface area contributed by atoms with E-state index in [9.17, 15) is 0 Å². The molecular weight excluding hydrogens is 347 g/mol. The number of rotatable bonds is 1. The maximum atomic E-state index is 9.11. The van der Waals surface area contributed by atoms with Gasteiger partial charge in [-0.05, 0) is 35.4 Å². The summed E-state index contributed by atoms with van der Waals surface area (Å²) in [6, 6.07) is 13.9. The second-order valence-corrected chi connectivity index (χ2v) is 3.09. The van der Waals surface area contributed by atoms with Crippen LogP contribution in [0.2, 0.25) is 0 Å². The molecule has 2 nitrogen and oxygen atoms in total. The number of hydrogen-bond acceptors (Lipinski definition) is 2. The van der Waals surface area contributed by atoms with E-state index in [1.807, 2.05) is 24.3 Å². The summed E-state index contributed by atoms with van der Waals surface area (Å²) in [5.74, 6) is 0.514. The number of hydrogen-bond donors (Lipinski definition) is 2. The number of phenolic OH excluding ortho intramolecular Hbond substituents is 2. The fraction of sp³-hybridized carbons (Fsp3) is 0. The zero-order valence-corrected chi connectivity index (χ0v) is 19.3. The molecule has 0 bridgehead atoms. The van der Waals surface area contributed by atoms with Crippen molar-refractivity contribution in [3.63, 3.8) is 0 Å². The van der Waals surface area contributed by atoms with E-state index in [-0.39, 0.29) is 128 Å². The monoisotopic (exact) mass is 356 g/mol. The molecule has 2 radical (unpaired) electrons. The van der Waals surface area contributed by atoms with Gasteiger partial charge in [-0.2, -0.15) is 0 Å². The molecule has 0 saturated carbocycles. The first-order chi connectivity index (χ1) is 6.75. The van der Waals surface area contributed by atoms with Crippen LogP contribution in [-0.4, -0.2) is 127 Å². The maximum absolute atomic E-state index is 9.11. The van der Waals surface area contributed by atoms with Crippen molar-refractivity contribution in [3.05, 3.63) is 48.5 Å². The Labute approximate surface area is 193 Å². The largest absolute Gasteiger partial charge is 0.508 e. The molecule has 0 amide bonds. The van der Waals surface area contributed by atoms with Crippen molar-refractivity contribution in [1.29, 1.82) is 0 Å². The van der Waals surface area contributed by atoms with Gasteiger partial charge >= 0.3 is 0 Å². The van der Waals surface area contributed by atoms with Crippen molar-refractivity contribution in [3.8, 4) is 22.6 Å². The first kappa shape index (κ1) is 17.7. The second-order valence-electron chi connectivity index (χ2n) is 3.09.